The van der Waals surface area contributed by atoms with E-state index >= 15 is 0 Å². The third-order valence-electron chi connectivity index (χ3n) is 4.44. The predicted octanol–water partition coefficient (Wildman–Crippen LogP) is 5.00. The Bertz CT molecular complexity index is 1200. The average molecular weight is 499 g/mol. The molecule has 2 aromatic carbocycles. The van der Waals surface area contributed by atoms with Crippen molar-refractivity contribution in [2.75, 3.05) is 15.9 Å². The van der Waals surface area contributed by atoms with Gasteiger partial charge in [-0.25, -0.2) is 8.42 Å². The normalized spacial score (nSPS) is 12.4. The van der Waals surface area contributed by atoms with E-state index in [4.69, 9.17) is 23.2 Å². The third-order valence-corrected chi connectivity index (χ3v) is 7.25. The van der Waals surface area contributed by atoms with Gasteiger partial charge in [0.15, 0.2) is 0 Å². The number of sulfonamides is 1. The van der Waals surface area contributed by atoms with Crippen LogP contribution in [0.3, 0.4) is 0 Å². The van der Waals surface area contributed by atoms with E-state index in [1.54, 1.807) is 6.92 Å². The fourth-order valence-corrected chi connectivity index (χ4v) is 5.21. The van der Waals surface area contributed by atoms with Gasteiger partial charge in [0, 0.05) is 5.56 Å². The fraction of sp³-hybridized carbons (Fsp3) is 0.250. The Morgan fingerprint density at radius 2 is 1.81 bits per heavy atom. The molecule has 0 radical (unpaired) electrons. The lowest BCUT2D eigenvalue weighted by Gasteiger charge is -2.30. The molecule has 0 saturated heterocycles. The molecule has 0 fully saturated rings. The molecule has 3 rings (SSSR count). The summed E-state index contributed by atoms with van der Waals surface area (Å²) in [5.41, 5.74) is 2.25. The summed E-state index contributed by atoms with van der Waals surface area (Å²) >= 11 is 13.2. The number of aromatic nitrogens is 2. The number of carbonyl (C=O) groups excluding carboxylic acids is 1. The van der Waals surface area contributed by atoms with Crippen LogP contribution in [-0.4, -0.2) is 36.8 Å². The smallest absolute Gasteiger partial charge is 0.250 e. The largest absolute Gasteiger partial charge is 0.299 e. The van der Waals surface area contributed by atoms with Crippen molar-refractivity contribution >= 4 is 61.3 Å². The highest BCUT2D eigenvalue weighted by Gasteiger charge is 2.32. The van der Waals surface area contributed by atoms with Gasteiger partial charge >= 0.3 is 0 Å². The summed E-state index contributed by atoms with van der Waals surface area (Å²) in [6.07, 6.45) is 1.26. The van der Waals surface area contributed by atoms with Gasteiger partial charge in [-0.15, -0.1) is 10.2 Å². The molecule has 1 heterocycles. The van der Waals surface area contributed by atoms with Crippen molar-refractivity contribution in [1.82, 2.24) is 10.2 Å². The fourth-order valence-electron chi connectivity index (χ4n) is 2.96. The Morgan fingerprint density at radius 3 is 2.39 bits per heavy atom. The lowest BCUT2D eigenvalue weighted by molar-refractivity contribution is -0.117. The van der Waals surface area contributed by atoms with Crippen LogP contribution in [0.4, 0.5) is 10.8 Å². The molecule has 164 valence electrons. The van der Waals surface area contributed by atoms with Crippen molar-refractivity contribution in [3.8, 4) is 10.6 Å². The van der Waals surface area contributed by atoms with Gasteiger partial charge in [-0.05, 0) is 31.5 Å². The summed E-state index contributed by atoms with van der Waals surface area (Å²) in [5, 5.41) is 12.2. The minimum absolute atomic E-state index is 0.190. The van der Waals surface area contributed by atoms with Crippen molar-refractivity contribution < 1.29 is 13.2 Å². The SMILES string of the molecule is CCC(C(=O)Nc1nnc(-c2ccc(C)cc2)s1)N(c1ccc(Cl)c(Cl)c1)S(C)(=O)=O. The van der Waals surface area contributed by atoms with Gasteiger partial charge in [0.2, 0.25) is 21.1 Å². The lowest BCUT2D eigenvalue weighted by Crippen LogP contribution is -2.47. The zero-order chi connectivity index (χ0) is 22.8. The van der Waals surface area contributed by atoms with Gasteiger partial charge < -0.3 is 0 Å². The van der Waals surface area contributed by atoms with Crippen molar-refractivity contribution in [3.05, 3.63) is 58.1 Å². The molecule has 1 amide bonds. The zero-order valence-electron chi connectivity index (χ0n) is 17.0. The molecule has 1 aromatic heterocycles. The lowest BCUT2D eigenvalue weighted by atomic mass is 10.2. The molecular weight excluding hydrogens is 479 g/mol. The second-order valence-electron chi connectivity index (χ2n) is 6.85. The number of rotatable bonds is 7. The quantitative estimate of drug-likeness (QED) is 0.494. The minimum atomic E-state index is -3.80. The van der Waals surface area contributed by atoms with Crippen LogP contribution >= 0.6 is 34.5 Å². The number of halogens is 2. The standard InChI is InChI=1S/C20H20Cl2N4O3S2/c1-4-17(26(31(3,28)29)14-9-10-15(21)16(22)11-14)18(27)23-20-25-24-19(30-20)13-7-5-12(2)6-8-13/h5-11,17H,4H2,1-3H3,(H,23,25,27). The second-order valence-corrected chi connectivity index (χ2v) is 10.5. The van der Waals surface area contributed by atoms with Gasteiger partial charge in [-0.3, -0.25) is 14.4 Å². The molecule has 0 bridgehead atoms. The molecule has 3 aromatic rings. The van der Waals surface area contributed by atoms with Crippen molar-refractivity contribution in [1.29, 1.82) is 0 Å². The van der Waals surface area contributed by atoms with Gasteiger partial charge in [-0.1, -0.05) is 71.3 Å². The van der Waals surface area contributed by atoms with Crippen LogP contribution in [0.25, 0.3) is 10.6 Å². The number of anilines is 2. The maximum absolute atomic E-state index is 13.0. The molecule has 1 atom stereocenters. The molecule has 1 N–H and O–H groups in total. The summed E-state index contributed by atoms with van der Waals surface area (Å²) in [5.74, 6) is -0.523. The Balaban J connectivity index is 1.87. The first-order chi connectivity index (χ1) is 14.6. The van der Waals surface area contributed by atoms with Gasteiger partial charge in [0.1, 0.15) is 11.0 Å². The molecule has 1 unspecified atom stereocenters. The predicted molar refractivity (Wildman–Crippen MR) is 127 cm³/mol. The Kier molecular flexibility index (Phi) is 7.20. The maximum Gasteiger partial charge on any atom is 0.250 e. The number of amides is 1. The van der Waals surface area contributed by atoms with Crippen LogP contribution in [-0.2, 0) is 14.8 Å². The van der Waals surface area contributed by atoms with Gasteiger partial charge in [-0.2, -0.15) is 0 Å². The highest BCUT2D eigenvalue weighted by molar-refractivity contribution is 7.92. The molecule has 0 aliphatic rings. The van der Waals surface area contributed by atoms with Gasteiger partial charge in [0.25, 0.3) is 0 Å². The van der Waals surface area contributed by atoms with Crippen LogP contribution < -0.4 is 9.62 Å². The van der Waals surface area contributed by atoms with Crippen molar-refractivity contribution in [2.24, 2.45) is 0 Å². The van der Waals surface area contributed by atoms with E-state index in [0.717, 1.165) is 21.7 Å². The molecule has 7 nitrogen and oxygen atoms in total. The maximum atomic E-state index is 13.0. The Morgan fingerprint density at radius 1 is 1.13 bits per heavy atom. The first kappa shape index (κ1) is 23.5. The number of benzene rings is 2. The van der Waals surface area contributed by atoms with Crippen molar-refractivity contribution in [3.63, 3.8) is 0 Å². The average Bonchev–Trinajstić information content (AvgIpc) is 3.16. The summed E-state index contributed by atoms with van der Waals surface area (Å²) in [6, 6.07) is 11.2. The first-order valence-corrected chi connectivity index (χ1v) is 12.7. The molecule has 0 spiro atoms. The van der Waals surface area contributed by atoms with Crippen LogP contribution in [0, 0.1) is 6.92 Å². The zero-order valence-corrected chi connectivity index (χ0v) is 20.1. The minimum Gasteiger partial charge on any atom is -0.299 e. The summed E-state index contributed by atoms with van der Waals surface area (Å²) in [4.78, 5) is 13.0. The molecule has 31 heavy (non-hydrogen) atoms. The summed E-state index contributed by atoms with van der Waals surface area (Å²) in [7, 11) is -3.80. The first-order valence-electron chi connectivity index (χ1n) is 9.26. The van der Waals surface area contributed by atoms with E-state index in [9.17, 15) is 13.2 Å². The summed E-state index contributed by atoms with van der Waals surface area (Å²) < 4.78 is 26.1. The van der Waals surface area contributed by atoms with Crippen LogP contribution in [0.15, 0.2) is 42.5 Å². The topological polar surface area (TPSA) is 92.3 Å². The van der Waals surface area contributed by atoms with Crippen LogP contribution in [0.5, 0.6) is 0 Å². The number of hydrogen-bond acceptors (Lipinski definition) is 6. The van der Waals surface area contributed by atoms with E-state index in [-0.39, 0.29) is 27.3 Å². The number of nitrogens with one attached hydrogen (secondary N) is 1. The van der Waals surface area contributed by atoms with E-state index < -0.39 is 22.0 Å². The van der Waals surface area contributed by atoms with E-state index in [1.165, 1.54) is 29.5 Å². The third kappa shape index (κ3) is 5.54. The second kappa shape index (κ2) is 9.52. The number of aryl methyl sites for hydroxylation is 1. The monoisotopic (exact) mass is 498 g/mol. The number of nitrogens with zero attached hydrogens (tertiary/aromatic N) is 3. The van der Waals surface area contributed by atoms with Crippen molar-refractivity contribution in [2.45, 2.75) is 26.3 Å². The highest BCUT2D eigenvalue weighted by atomic mass is 35.5. The molecule has 0 aliphatic heterocycles. The van der Waals surface area contributed by atoms with E-state index in [1.807, 2.05) is 31.2 Å². The van der Waals surface area contributed by atoms with Crippen LogP contribution in [0.1, 0.15) is 18.9 Å². The highest BCUT2D eigenvalue weighted by Crippen LogP contribution is 2.31. The molecule has 11 heteroatoms. The van der Waals surface area contributed by atoms with Crippen LogP contribution in [0.2, 0.25) is 10.0 Å². The Labute approximate surface area is 195 Å². The molecule has 0 saturated carbocycles. The van der Waals surface area contributed by atoms with E-state index in [2.05, 4.69) is 15.5 Å². The van der Waals surface area contributed by atoms with Gasteiger partial charge in [0.05, 0.1) is 22.0 Å². The van der Waals surface area contributed by atoms with E-state index in [0.29, 0.717) is 5.01 Å². The summed E-state index contributed by atoms with van der Waals surface area (Å²) in [6.45, 7) is 3.71. The number of carbonyl (C=O) groups is 1. The Hall–Kier alpha value is -2.20. The number of hydrogen-bond donors (Lipinski definition) is 1. The molecular formula is C20H20Cl2N4O3S2. The molecule has 0 aliphatic carbocycles.